The summed E-state index contributed by atoms with van der Waals surface area (Å²) in [6.45, 7) is 0. The van der Waals surface area contributed by atoms with Crippen LogP contribution >= 0.6 is 0 Å². The highest BCUT2D eigenvalue weighted by Crippen LogP contribution is 2.36. The van der Waals surface area contributed by atoms with Crippen LogP contribution in [0.1, 0.15) is 11.1 Å². The lowest BCUT2D eigenvalue weighted by molar-refractivity contribution is 0.407. The molecule has 0 bridgehead atoms. The van der Waals surface area contributed by atoms with Crippen molar-refractivity contribution in [2.75, 3.05) is 0 Å². The largest absolute Gasteiger partial charge is 0.450 e. The number of ether oxygens (including phenoxy) is 1. The first-order valence-corrected chi connectivity index (χ1v) is 9.57. The Morgan fingerprint density at radius 3 is 2.50 bits per heavy atom. The van der Waals surface area contributed by atoms with Crippen molar-refractivity contribution >= 4 is 22.7 Å². The summed E-state index contributed by atoms with van der Waals surface area (Å²) in [7, 11) is 0. The fourth-order valence-electron chi connectivity index (χ4n) is 3.51. The molecule has 0 amide bonds. The average Bonchev–Trinajstić information content (AvgIpc) is 3.26. The summed E-state index contributed by atoms with van der Waals surface area (Å²) in [5, 5.41) is 3.49. The number of pyridine rings is 2. The molecule has 6 N–H and O–H groups in total. The van der Waals surface area contributed by atoms with E-state index in [9.17, 15) is 8.78 Å². The van der Waals surface area contributed by atoms with Gasteiger partial charge in [-0.05, 0) is 42.5 Å². The lowest BCUT2D eigenvalue weighted by Gasteiger charge is -2.29. The van der Waals surface area contributed by atoms with E-state index in [1.807, 2.05) is 0 Å². The number of nitrogens with two attached hydrogens (primary N) is 2. The van der Waals surface area contributed by atoms with Crippen LogP contribution in [-0.4, -0.2) is 20.9 Å². The number of guanidine groups is 1. The summed E-state index contributed by atoms with van der Waals surface area (Å²) < 4.78 is 35.5. The summed E-state index contributed by atoms with van der Waals surface area (Å²) in [4.78, 5) is 15.2. The number of nitrogens with one attached hydrogen (secondary N) is 2. The van der Waals surface area contributed by atoms with Gasteiger partial charge in [0.1, 0.15) is 11.4 Å². The Morgan fingerprint density at radius 2 is 1.75 bits per heavy atom. The van der Waals surface area contributed by atoms with Gasteiger partial charge in [0.25, 0.3) is 0 Å². The van der Waals surface area contributed by atoms with Crippen molar-refractivity contribution in [1.82, 2.24) is 20.3 Å². The standard InChI is InChI=1S/C22H17F2N7O/c23-15-9-13(22(26)11-17(30-21(25)31-22)12-1-5-27-6-2-12)10-16(24)19(15)32-18-4-8-29-20-14(18)3-7-28-20/h1-11H,26H2,(H,28,29)(H3,25,30,31). The topological polar surface area (TPSA) is 127 Å². The van der Waals surface area contributed by atoms with Crippen molar-refractivity contribution in [3.8, 4) is 11.5 Å². The van der Waals surface area contributed by atoms with Gasteiger partial charge < -0.3 is 20.8 Å². The van der Waals surface area contributed by atoms with Gasteiger partial charge in [0.2, 0.25) is 0 Å². The first kappa shape index (κ1) is 19.6. The molecule has 0 saturated heterocycles. The SMILES string of the molecule is NC1=NC(N)(c2cc(F)c(Oc3ccnc4[nH]ccc34)c(F)c2)C=C(c2ccncc2)N1. The minimum absolute atomic E-state index is 0.00888. The van der Waals surface area contributed by atoms with Crippen LogP contribution in [0.5, 0.6) is 11.5 Å². The van der Waals surface area contributed by atoms with Crippen molar-refractivity contribution in [3.63, 3.8) is 0 Å². The summed E-state index contributed by atoms with van der Waals surface area (Å²) >= 11 is 0. The molecule has 0 radical (unpaired) electrons. The Hall–Kier alpha value is -4.31. The van der Waals surface area contributed by atoms with Crippen LogP contribution in [0.3, 0.4) is 0 Å². The van der Waals surface area contributed by atoms with Gasteiger partial charge in [-0.15, -0.1) is 0 Å². The average molecular weight is 433 g/mol. The van der Waals surface area contributed by atoms with E-state index in [0.717, 1.165) is 17.7 Å². The number of fused-ring (bicyclic) bond motifs is 1. The van der Waals surface area contributed by atoms with Crippen LogP contribution in [0.25, 0.3) is 16.7 Å². The summed E-state index contributed by atoms with van der Waals surface area (Å²) in [5.41, 5.74) is 12.6. The zero-order chi connectivity index (χ0) is 22.3. The number of hydrogen-bond acceptors (Lipinski definition) is 7. The molecule has 1 atom stereocenters. The number of nitrogens with zero attached hydrogens (tertiary/aromatic N) is 3. The third-order valence-electron chi connectivity index (χ3n) is 5.02. The van der Waals surface area contributed by atoms with Crippen LogP contribution in [0.15, 0.2) is 72.3 Å². The number of halogens is 2. The molecule has 0 fully saturated rings. The first-order valence-electron chi connectivity index (χ1n) is 9.57. The molecule has 32 heavy (non-hydrogen) atoms. The first-order chi connectivity index (χ1) is 15.4. The maximum atomic E-state index is 15.0. The third kappa shape index (κ3) is 3.42. The van der Waals surface area contributed by atoms with E-state index in [0.29, 0.717) is 16.7 Å². The van der Waals surface area contributed by atoms with E-state index in [4.69, 9.17) is 16.2 Å². The Morgan fingerprint density at radius 1 is 1.00 bits per heavy atom. The molecule has 1 unspecified atom stereocenters. The van der Waals surface area contributed by atoms with Gasteiger partial charge >= 0.3 is 0 Å². The summed E-state index contributed by atoms with van der Waals surface area (Å²) in [6, 6.07) is 8.87. The quantitative estimate of drug-likeness (QED) is 0.392. The Labute approximate surface area is 180 Å². The van der Waals surface area contributed by atoms with Crippen molar-refractivity contribution < 1.29 is 13.5 Å². The van der Waals surface area contributed by atoms with Crippen molar-refractivity contribution in [2.45, 2.75) is 5.66 Å². The predicted molar refractivity (Wildman–Crippen MR) is 115 cm³/mol. The molecular weight excluding hydrogens is 416 g/mol. The normalized spacial score (nSPS) is 18.1. The number of hydrogen-bond donors (Lipinski definition) is 4. The van der Waals surface area contributed by atoms with Gasteiger partial charge in [-0.3, -0.25) is 10.7 Å². The van der Waals surface area contributed by atoms with E-state index in [1.54, 1.807) is 42.9 Å². The molecule has 0 aliphatic carbocycles. The molecule has 1 aromatic carbocycles. The van der Waals surface area contributed by atoms with Crippen molar-refractivity contribution in [1.29, 1.82) is 0 Å². The van der Waals surface area contributed by atoms with Gasteiger partial charge in [0.15, 0.2) is 29.0 Å². The molecule has 1 aliphatic rings. The number of rotatable bonds is 4. The van der Waals surface area contributed by atoms with Crippen LogP contribution in [0, 0.1) is 11.6 Å². The maximum absolute atomic E-state index is 15.0. The lowest BCUT2D eigenvalue weighted by atomic mass is 9.96. The van der Waals surface area contributed by atoms with Gasteiger partial charge in [-0.1, -0.05) is 0 Å². The van der Waals surface area contributed by atoms with E-state index >= 15 is 0 Å². The van der Waals surface area contributed by atoms with E-state index in [2.05, 4.69) is 25.3 Å². The highest BCUT2D eigenvalue weighted by molar-refractivity contribution is 5.90. The van der Waals surface area contributed by atoms with Crippen molar-refractivity contribution in [2.24, 2.45) is 16.5 Å². The number of aromatic nitrogens is 3. The fraction of sp³-hybridized carbons (Fsp3) is 0.0455. The van der Waals surface area contributed by atoms with E-state index in [1.165, 1.54) is 12.3 Å². The highest BCUT2D eigenvalue weighted by atomic mass is 19.1. The van der Waals surface area contributed by atoms with Crippen molar-refractivity contribution in [3.05, 3.63) is 90.0 Å². The molecule has 4 heterocycles. The van der Waals surface area contributed by atoms with Gasteiger partial charge in [0.05, 0.1) is 5.39 Å². The molecule has 10 heteroatoms. The van der Waals surface area contributed by atoms with Gasteiger partial charge in [-0.2, -0.15) is 0 Å². The molecular formula is C22H17F2N7O. The van der Waals surface area contributed by atoms with E-state index in [-0.39, 0.29) is 17.3 Å². The minimum atomic E-state index is -1.60. The fourth-order valence-corrected chi connectivity index (χ4v) is 3.51. The lowest BCUT2D eigenvalue weighted by Crippen LogP contribution is -2.44. The highest BCUT2D eigenvalue weighted by Gasteiger charge is 2.32. The predicted octanol–water partition coefficient (Wildman–Crippen LogP) is 3.10. The van der Waals surface area contributed by atoms with Crippen LogP contribution in [-0.2, 0) is 5.66 Å². The van der Waals surface area contributed by atoms with Gasteiger partial charge in [-0.25, -0.2) is 18.8 Å². The number of aromatic amines is 1. The molecule has 0 spiro atoms. The minimum Gasteiger partial charge on any atom is -0.450 e. The molecule has 1 aliphatic heterocycles. The third-order valence-corrected chi connectivity index (χ3v) is 5.02. The van der Waals surface area contributed by atoms with Crippen LogP contribution in [0.4, 0.5) is 8.78 Å². The zero-order valence-electron chi connectivity index (χ0n) is 16.5. The number of aliphatic imine (C=N–C) groups is 1. The number of benzene rings is 1. The smallest absolute Gasteiger partial charge is 0.198 e. The van der Waals surface area contributed by atoms with Gasteiger partial charge in [0, 0.05) is 41.6 Å². The molecule has 5 rings (SSSR count). The monoisotopic (exact) mass is 433 g/mol. The Bertz CT molecular complexity index is 1360. The second kappa shape index (κ2) is 7.43. The molecule has 8 nitrogen and oxygen atoms in total. The summed E-state index contributed by atoms with van der Waals surface area (Å²) in [6.07, 6.45) is 7.88. The Balaban J connectivity index is 1.54. The van der Waals surface area contributed by atoms with Crippen LogP contribution in [0.2, 0.25) is 0 Å². The molecule has 160 valence electrons. The zero-order valence-corrected chi connectivity index (χ0v) is 16.5. The Kier molecular flexibility index (Phi) is 4.56. The molecule has 3 aromatic heterocycles. The molecule has 4 aromatic rings. The van der Waals surface area contributed by atoms with E-state index < -0.39 is 23.0 Å². The van der Waals surface area contributed by atoms with Crippen LogP contribution < -0.4 is 21.5 Å². The summed E-state index contributed by atoms with van der Waals surface area (Å²) in [5.74, 6) is -2.16. The number of H-pyrrole nitrogens is 1. The molecule has 0 saturated carbocycles. The second-order valence-electron chi connectivity index (χ2n) is 7.16. The maximum Gasteiger partial charge on any atom is 0.198 e. The second-order valence-corrected chi connectivity index (χ2v) is 7.16.